The van der Waals surface area contributed by atoms with Crippen molar-refractivity contribution in [1.29, 1.82) is 0 Å². The number of hydrogen-bond acceptors (Lipinski definition) is 3. The Bertz CT molecular complexity index is 1010. The van der Waals surface area contributed by atoms with Crippen LogP contribution in [0, 0.1) is 11.6 Å². The first-order valence-corrected chi connectivity index (χ1v) is 7.83. The molecule has 0 radical (unpaired) electrons. The van der Waals surface area contributed by atoms with Crippen LogP contribution in [0.15, 0.2) is 48.4 Å². The molecule has 4 rings (SSSR count). The molecule has 0 unspecified atom stereocenters. The number of fused-ring (bicyclic) bond motifs is 1. The van der Waals surface area contributed by atoms with E-state index in [0.29, 0.717) is 17.4 Å². The van der Waals surface area contributed by atoms with Crippen molar-refractivity contribution in [1.82, 2.24) is 15.0 Å². The molecule has 0 amide bonds. The van der Waals surface area contributed by atoms with Gasteiger partial charge in [-0.25, -0.2) is 23.4 Å². The molecule has 0 aliphatic carbocycles. The third-order valence-corrected chi connectivity index (χ3v) is 4.21. The minimum Gasteiger partial charge on any atom is -0.503 e. The summed E-state index contributed by atoms with van der Waals surface area (Å²) in [6, 6.07) is 9.76. The van der Waals surface area contributed by atoms with E-state index >= 15 is 0 Å². The largest absolute Gasteiger partial charge is 0.503 e. The van der Waals surface area contributed by atoms with Crippen LogP contribution in [0.4, 0.5) is 8.78 Å². The zero-order valence-electron chi connectivity index (χ0n) is 12.8. The van der Waals surface area contributed by atoms with Gasteiger partial charge in [-0.1, -0.05) is 12.1 Å². The second kappa shape index (κ2) is 5.82. The van der Waals surface area contributed by atoms with Gasteiger partial charge in [0.15, 0.2) is 22.5 Å². The van der Waals surface area contributed by atoms with Gasteiger partial charge in [-0.2, -0.15) is 0 Å². The zero-order chi connectivity index (χ0) is 17.6. The van der Waals surface area contributed by atoms with E-state index in [4.69, 9.17) is 12.2 Å². The van der Waals surface area contributed by atoms with Crippen LogP contribution in [0.3, 0.4) is 0 Å². The first kappa shape index (κ1) is 15.5. The molecule has 2 heterocycles. The van der Waals surface area contributed by atoms with Gasteiger partial charge in [0, 0.05) is 5.70 Å². The summed E-state index contributed by atoms with van der Waals surface area (Å²) in [5, 5.41) is 14.4. The van der Waals surface area contributed by atoms with Crippen LogP contribution in [0.2, 0.25) is 0 Å². The molecule has 0 saturated carbocycles. The number of aromatic nitrogens is 2. The molecule has 1 aliphatic heterocycles. The predicted molar refractivity (Wildman–Crippen MR) is 94.6 cm³/mol. The summed E-state index contributed by atoms with van der Waals surface area (Å²) in [5.41, 5.74) is 2.70. The molecule has 2 aromatic carbocycles. The lowest BCUT2D eigenvalue weighted by molar-refractivity contribution is 0.396. The molecule has 1 aliphatic rings. The summed E-state index contributed by atoms with van der Waals surface area (Å²) in [6.45, 7) is 0.392. The van der Waals surface area contributed by atoms with Crippen LogP contribution >= 0.6 is 12.2 Å². The molecule has 1 aromatic heterocycles. The molecule has 2 N–H and O–H groups in total. The van der Waals surface area contributed by atoms with Crippen LogP contribution < -0.4 is 10.3 Å². The molecule has 25 heavy (non-hydrogen) atoms. The highest BCUT2D eigenvalue weighted by atomic mass is 32.1. The van der Waals surface area contributed by atoms with E-state index in [2.05, 4.69) is 10.3 Å². The Morgan fingerprint density at radius 2 is 1.92 bits per heavy atom. The van der Waals surface area contributed by atoms with Gasteiger partial charge in [0.05, 0.1) is 17.6 Å². The van der Waals surface area contributed by atoms with E-state index in [1.807, 2.05) is 28.9 Å². The van der Waals surface area contributed by atoms with Crippen LogP contribution in [-0.2, 0) is 0 Å². The second-order valence-electron chi connectivity index (χ2n) is 5.57. The normalized spacial score (nSPS) is 16.0. The maximum atomic E-state index is 13.5. The average Bonchev–Trinajstić information content (AvgIpc) is 3.15. The number of phenolic OH excluding ortho intramolecular Hbond substituents is 1. The van der Waals surface area contributed by atoms with Gasteiger partial charge >= 0.3 is 0 Å². The second-order valence-corrected chi connectivity index (χ2v) is 5.96. The van der Waals surface area contributed by atoms with Gasteiger partial charge in [0.25, 0.3) is 0 Å². The Morgan fingerprint density at radius 1 is 1.20 bits per heavy atom. The SMILES string of the molecule is Oc1c(F)cc(/C=C2\CN(n3cnc4ccccc43)C(=S)N2)cc1F. The van der Waals surface area contributed by atoms with E-state index in [1.54, 1.807) is 17.4 Å². The van der Waals surface area contributed by atoms with Gasteiger partial charge in [-0.05, 0) is 48.1 Å². The number of rotatable bonds is 2. The van der Waals surface area contributed by atoms with Crippen molar-refractivity contribution in [2.45, 2.75) is 0 Å². The van der Waals surface area contributed by atoms with Gasteiger partial charge in [-0.15, -0.1) is 0 Å². The number of imidazole rings is 1. The summed E-state index contributed by atoms with van der Waals surface area (Å²) in [5.74, 6) is -3.00. The number of nitrogens with zero attached hydrogens (tertiary/aromatic N) is 3. The Kier molecular flexibility index (Phi) is 3.61. The fraction of sp³-hybridized carbons (Fsp3) is 0.0588. The molecular formula is C17H12F2N4OS. The van der Waals surface area contributed by atoms with Gasteiger partial charge in [0.1, 0.15) is 6.33 Å². The molecule has 0 bridgehead atoms. The minimum absolute atomic E-state index is 0.287. The minimum atomic E-state index is -1.01. The molecule has 5 nitrogen and oxygen atoms in total. The number of aromatic hydroxyl groups is 1. The van der Waals surface area contributed by atoms with Crippen molar-refractivity contribution in [2.24, 2.45) is 0 Å². The maximum absolute atomic E-state index is 13.5. The van der Waals surface area contributed by atoms with E-state index in [9.17, 15) is 13.9 Å². The average molecular weight is 358 g/mol. The fourth-order valence-electron chi connectivity index (χ4n) is 2.74. The lowest BCUT2D eigenvalue weighted by atomic mass is 10.1. The monoisotopic (exact) mass is 358 g/mol. The van der Waals surface area contributed by atoms with Crippen LogP contribution in [0.5, 0.6) is 5.75 Å². The fourth-order valence-corrected chi connectivity index (χ4v) is 3.02. The van der Waals surface area contributed by atoms with Crippen molar-refractivity contribution in [3.05, 3.63) is 65.6 Å². The Labute approximate surface area is 146 Å². The molecule has 1 saturated heterocycles. The summed E-state index contributed by atoms with van der Waals surface area (Å²) in [7, 11) is 0. The topological polar surface area (TPSA) is 53.3 Å². The summed E-state index contributed by atoms with van der Waals surface area (Å²) < 4.78 is 28.8. The molecule has 1 fully saturated rings. The van der Waals surface area contributed by atoms with Crippen LogP contribution in [0.1, 0.15) is 5.56 Å². The van der Waals surface area contributed by atoms with Gasteiger partial charge in [-0.3, -0.25) is 0 Å². The molecule has 8 heteroatoms. The Hall–Kier alpha value is -3.00. The molecule has 0 spiro atoms. The van der Waals surface area contributed by atoms with Crippen LogP contribution in [0.25, 0.3) is 17.1 Å². The quantitative estimate of drug-likeness (QED) is 0.690. The number of para-hydroxylation sites is 2. The predicted octanol–water partition coefficient (Wildman–Crippen LogP) is 2.89. The number of nitrogens with one attached hydrogen (secondary N) is 1. The van der Waals surface area contributed by atoms with Crippen molar-refractivity contribution in [2.75, 3.05) is 11.6 Å². The number of thiocarbonyl (C=S) groups is 1. The number of halogens is 2. The van der Waals surface area contributed by atoms with E-state index in [-0.39, 0.29) is 5.56 Å². The highest BCUT2D eigenvalue weighted by Gasteiger charge is 2.23. The number of benzene rings is 2. The summed E-state index contributed by atoms with van der Waals surface area (Å²) >= 11 is 5.35. The molecule has 0 atom stereocenters. The smallest absolute Gasteiger partial charge is 0.193 e. The van der Waals surface area contributed by atoms with Gasteiger partial charge in [0.2, 0.25) is 0 Å². The Morgan fingerprint density at radius 3 is 2.68 bits per heavy atom. The third-order valence-electron chi connectivity index (χ3n) is 3.90. The zero-order valence-corrected chi connectivity index (χ0v) is 13.6. The number of hydrogen-bond donors (Lipinski definition) is 2. The highest BCUT2D eigenvalue weighted by Crippen LogP contribution is 2.23. The van der Waals surface area contributed by atoms with Crippen molar-refractivity contribution >= 4 is 34.4 Å². The molecule has 126 valence electrons. The van der Waals surface area contributed by atoms with E-state index in [1.165, 1.54) is 0 Å². The lowest BCUT2D eigenvalue weighted by Crippen LogP contribution is -2.36. The Balaban J connectivity index is 1.66. The van der Waals surface area contributed by atoms with Crippen molar-refractivity contribution in [3.8, 4) is 5.75 Å². The van der Waals surface area contributed by atoms with E-state index < -0.39 is 17.4 Å². The summed E-state index contributed by atoms with van der Waals surface area (Å²) in [4.78, 5) is 4.33. The summed E-state index contributed by atoms with van der Waals surface area (Å²) in [6.07, 6.45) is 3.25. The first-order valence-electron chi connectivity index (χ1n) is 7.42. The van der Waals surface area contributed by atoms with Crippen LogP contribution in [-0.4, -0.2) is 26.4 Å². The standard InChI is InChI=1S/C17H12F2N4OS/c18-12-6-10(7-13(19)16(12)24)5-11-8-22(17(25)21-11)23-9-20-14-3-1-2-4-15(14)23/h1-7,9,24H,8H2,(H,21,25)/b11-5+. The van der Waals surface area contributed by atoms with Gasteiger partial charge < -0.3 is 10.4 Å². The number of phenols is 1. The third kappa shape index (κ3) is 2.70. The molecular weight excluding hydrogens is 346 g/mol. The van der Waals surface area contributed by atoms with Crippen molar-refractivity contribution in [3.63, 3.8) is 0 Å². The highest BCUT2D eigenvalue weighted by molar-refractivity contribution is 7.80. The van der Waals surface area contributed by atoms with E-state index in [0.717, 1.165) is 23.2 Å². The lowest BCUT2D eigenvalue weighted by Gasteiger charge is -2.17. The first-order chi connectivity index (χ1) is 12.0. The van der Waals surface area contributed by atoms with Crippen molar-refractivity contribution < 1.29 is 13.9 Å². The molecule has 3 aromatic rings. The maximum Gasteiger partial charge on any atom is 0.193 e.